The van der Waals surface area contributed by atoms with Gasteiger partial charge in [0.25, 0.3) is 0 Å². The molecule has 5 heteroatoms. The molecule has 1 aliphatic heterocycles. The summed E-state index contributed by atoms with van der Waals surface area (Å²) in [4.78, 5) is 0. The highest BCUT2D eigenvalue weighted by Gasteiger charge is 2.15. The maximum absolute atomic E-state index is 5.34. The van der Waals surface area contributed by atoms with Gasteiger partial charge >= 0.3 is 0 Å². The molecule has 3 rings (SSSR count). The van der Waals surface area contributed by atoms with E-state index in [1.165, 1.54) is 11.3 Å². The van der Waals surface area contributed by atoms with Gasteiger partial charge in [-0.25, -0.2) is 0 Å². The van der Waals surface area contributed by atoms with E-state index in [0.717, 1.165) is 43.1 Å². The van der Waals surface area contributed by atoms with E-state index in [-0.39, 0.29) is 0 Å². The maximum atomic E-state index is 5.34. The molecule has 1 N–H and O–H groups in total. The zero-order valence-corrected chi connectivity index (χ0v) is 11.8. The molecule has 5 nitrogen and oxygen atoms in total. The Morgan fingerprint density at radius 2 is 2.10 bits per heavy atom. The Labute approximate surface area is 118 Å². The lowest BCUT2D eigenvalue weighted by Crippen LogP contribution is -2.24. The molecule has 0 fully saturated rings. The highest BCUT2D eigenvalue weighted by atomic mass is 16.5. The minimum Gasteiger partial charge on any atom is -0.493 e. The van der Waals surface area contributed by atoms with Crippen LogP contribution in [0.5, 0.6) is 11.5 Å². The first-order valence-corrected chi connectivity index (χ1v) is 6.77. The summed E-state index contributed by atoms with van der Waals surface area (Å²) in [5, 5.41) is 7.86. The largest absolute Gasteiger partial charge is 0.493 e. The molecule has 1 aromatic carbocycles. The van der Waals surface area contributed by atoms with E-state index in [0.29, 0.717) is 0 Å². The minimum atomic E-state index is 0.753. The molecule has 106 valence electrons. The van der Waals surface area contributed by atoms with E-state index in [4.69, 9.17) is 9.47 Å². The van der Waals surface area contributed by atoms with Crippen LogP contribution < -0.4 is 14.8 Å². The molecule has 0 aliphatic carbocycles. The van der Waals surface area contributed by atoms with Crippen LogP contribution in [0.25, 0.3) is 0 Å². The summed E-state index contributed by atoms with van der Waals surface area (Å²) in [6.45, 7) is 2.70. The van der Waals surface area contributed by atoms with Crippen molar-refractivity contribution in [2.45, 2.75) is 19.5 Å². The van der Waals surface area contributed by atoms with Crippen molar-refractivity contribution in [1.82, 2.24) is 15.1 Å². The van der Waals surface area contributed by atoms with E-state index in [2.05, 4.69) is 21.2 Å². The van der Waals surface area contributed by atoms with Crippen molar-refractivity contribution >= 4 is 0 Å². The molecule has 1 aromatic heterocycles. The predicted molar refractivity (Wildman–Crippen MR) is 76.3 cm³/mol. The van der Waals surface area contributed by atoms with Crippen LogP contribution in [0.2, 0.25) is 0 Å². The quantitative estimate of drug-likeness (QED) is 0.919. The molecule has 0 saturated heterocycles. The zero-order valence-electron chi connectivity index (χ0n) is 11.8. The number of nitrogens with one attached hydrogen (secondary N) is 1. The van der Waals surface area contributed by atoms with Crippen LogP contribution in [0.1, 0.15) is 16.8 Å². The van der Waals surface area contributed by atoms with E-state index < -0.39 is 0 Å². The number of methoxy groups -OCH3 is 2. The van der Waals surface area contributed by atoms with Gasteiger partial charge in [-0.1, -0.05) is 6.07 Å². The third-order valence-electron chi connectivity index (χ3n) is 3.67. The molecule has 0 unspecified atom stereocenters. The third kappa shape index (κ3) is 2.36. The summed E-state index contributed by atoms with van der Waals surface area (Å²) in [5.74, 6) is 1.51. The van der Waals surface area contributed by atoms with Crippen molar-refractivity contribution in [3.05, 3.63) is 41.2 Å². The van der Waals surface area contributed by atoms with Crippen molar-refractivity contribution in [2.75, 3.05) is 20.8 Å². The van der Waals surface area contributed by atoms with Gasteiger partial charge in [0, 0.05) is 30.8 Å². The van der Waals surface area contributed by atoms with Gasteiger partial charge in [-0.05, 0) is 17.7 Å². The van der Waals surface area contributed by atoms with E-state index >= 15 is 0 Å². The molecule has 0 spiro atoms. The summed E-state index contributed by atoms with van der Waals surface area (Å²) in [7, 11) is 3.30. The van der Waals surface area contributed by atoms with Crippen molar-refractivity contribution < 1.29 is 9.47 Å². The van der Waals surface area contributed by atoms with E-state index in [1.54, 1.807) is 14.2 Å². The number of benzene rings is 1. The molecule has 1 aliphatic rings. The fraction of sp³-hybridized carbons (Fsp3) is 0.400. The average Bonchev–Trinajstić information content (AvgIpc) is 2.90. The summed E-state index contributed by atoms with van der Waals surface area (Å²) in [5.41, 5.74) is 3.79. The second-order valence-corrected chi connectivity index (χ2v) is 4.89. The first-order chi connectivity index (χ1) is 9.81. The van der Waals surface area contributed by atoms with Gasteiger partial charge in [0.15, 0.2) is 11.5 Å². The Morgan fingerprint density at radius 3 is 2.90 bits per heavy atom. The van der Waals surface area contributed by atoms with Crippen LogP contribution in [0.3, 0.4) is 0 Å². The smallest absolute Gasteiger partial charge is 0.161 e. The van der Waals surface area contributed by atoms with Crippen LogP contribution >= 0.6 is 0 Å². The summed E-state index contributed by atoms with van der Waals surface area (Å²) < 4.78 is 12.7. The van der Waals surface area contributed by atoms with Crippen molar-refractivity contribution in [3.63, 3.8) is 0 Å². The lowest BCUT2D eigenvalue weighted by Gasteiger charge is -2.15. The number of hydrogen-bond donors (Lipinski definition) is 1. The standard InChI is InChI=1S/C15H19N3O2/c1-19-14-4-3-11(7-15(14)20-2)10-18-13-5-6-16-8-12(13)9-17-18/h3-4,7,9,16H,5-6,8,10H2,1-2H3. The van der Waals surface area contributed by atoms with Crippen LogP contribution in [-0.2, 0) is 19.5 Å². The fourth-order valence-electron chi connectivity index (χ4n) is 2.60. The van der Waals surface area contributed by atoms with Gasteiger partial charge in [-0.2, -0.15) is 5.10 Å². The lowest BCUT2D eigenvalue weighted by atomic mass is 10.1. The molecule has 2 aromatic rings. The van der Waals surface area contributed by atoms with Gasteiger partial charge in [0.2, 0.25) is 0 Å². The normalized spacial score (nSPS) is 13.9. The number of hydrogen-bond acceptors (Lipinski definition) is 4. The Balaban J connectivity index is 1.86. The topological polar surface area (TPSA) is 48.3 Å². The monoisotopic (exact) mass is 273 g/mol. The minimum absolute atomic E-state index is 0.753. The van der Waals surface area contributed by atoms with Gasteiger partial charge in [-0.15, -0.1) is 0 Å². The zero-order chi connectivity index (χ0) is 13.9. The summed E-state index contributed by atoms with van der Waals surface area (Å²) in [6, 6.07) is 6.00. The van der Waals surface area contributed by atoms with Crippen LogP contribution in [-0.4, -0.2) is 30.5 Å². The summed E-state index contributed by atoms with van der Waals surface area (Å²) in [6.07, 6.45) is 2.99. The second-order valence-electron chi connectivity index (χ2n) is 4.89. The van der Waals surface area contributed by atoms with Crippen LogP contribution in [0.4, 0.5) is 0 Å². The van der Waals surface area contributed by atoms with E-state index in [9.17, 15) is 0 Å². The first-order valence-electron chi connectivity index (χ1n) is 6.77. The fourth-order valence-corrected chi connectivity index (χ4v) is 2.60. The third-order valence-corrected chi connectivity index (χ3v) is 3.67. The van der Waals surface area contributed by atoms with Gasteiger partial charge < -0.3 is 14.8 Å². The first kappa shape index (κ1) is 13.0. The highest BCUT2D eigenvalue weighted by molar-refractivity contribution is 5.43. The van der Waals surface area contributed by atoms with Gasteiger partial charge in [0.05, 0.1) is 27.0 Å². The number of rotatable bonds is 4. The molecular formula is C15H19N3O2. The Kier molecular flexibility index (Phi) is 3.60. The number of ether oxygens (including phenoxy) is 2. The Hall–Kier alpha value is -2.01. The lowest BCUT2D eigenvalue weighted by molar-refractivity contribution is 0.354. The van der Waals surface area contributed by atoms with Gasteiger partial charge in [-0.3, -0.25) is 4.68 Å². The Morgan fingerprint density at radius 1 is 1.25 bits per heavy atom. The molecule has 20 heavy (non-hydrogen) atoms. The molecule has 0 bridgehead atoms. The van der Waals surface area contributed by atoms with Crippen LogP contribution in [0.15, 0.2) is 24.4 Å². The van der Waals surface area contributed by atoms with E-state index in [1.807, 2.05) is 18.3 Å². The molecule has 2 heterocycles. The number of aromatic nitrogens is 2. The highest BCUT2D eigenvalue weighted by Crippen LogP contribution is 2.28. The van der Waals surface area contributed by atoms with Crippen LogP contribution in [0, 0.1) is 0 Å². The molecule has 0 radical (unpaired) electrons. The molecule has 0 amide bonds. The second kappa shape index (κ2) is 5.54. The predicted octanol–water partition coefficient (Wildman–Crippen LogP) is 1.59. The molecule has 0 atom stereocenters. The number of nitrogens with zero attached hydrogens (tertiary/aromatic N) is 2. The molecular weight excluding hydrogens is 254 g/mol. The SMILES string of the molecule is COc1ccc(Cn2ncc3c2CCNC3)cc1OC. The Bertz CT molecular complexity index is 607. The van der Waals surface area contributed by atoms with Crippen molar-refractivity contribution in [3.8, 4) is 11.5 Å². The molecule has 0 saturated carbocycles. The van der Waals surface area contributed by atoms with Gasteiger partial charge in [0.1, 0.15) is 0 Å². The average molecular weight is 273 g/mol. The van der Waals surface area contributed by atoms with Crippen molar-refractivity contribution in [1.29, 1.82) is 0 Å². The maximum Gasteiger partial charge on any atom is 0.161 e. The summed E-state index contributed by atoms with van der Waals surface area (Å²) >= 11 is 0. The van der Waals surface area contributed by atoms with Crippen molar-refractivity contribution in [2.24, 2.45) is 0 Å². The number of fused-ring (bicyclic) bond motifs is 1.